The molecular formula is C13H18N3O+. The smallest absolute Gasteiger partial charge is 0.174 e. The van der Waals surface area contributed by atoms with Crippen LogP contribution in [0.25, 0.3) is 11.1 Å². The predicted molar refractivity (Wildman–Crippen MR) is 68.2 cm³/mol. The Labute approximate surface area is 101 Å². The van der Waals surface area contributed by atoms with Crippen molar-refractivity contribution in [3.8, 4) is 0 Å². The van der Waals surface area contributed by atoms with Gasteiger partial charge in [-0.1, -0.05) is 0 Å². The number of fused-ring (bicyclic) bond motifs is 1. The topological polar surface area (TPSA) is 52.0 Å². The molecular weight excluding hydrogens is 214 g/mol. The van der Waals surface area contributed by atoms with E-state index in [1.807, 2.05) is 18.3 Å². The molecule has 2 aromatic heterocycles. The fourth-order valence-corrected chi connectivity index (χ4v) is 2.59. The minimum Gasteiger partial charge on any atom is -0.462 e. The third kappa shape index (κ3) is 1.94. The molecule has 0 aromatic carbocycles. The van der Waals surface area contributed by atoms with Crippen LogP contribution in [0.5, 0.6) is 0 Å². The van der Waals surface area contributed by atoms with Crippen molar-refractivity contribution < 1.29 is 4.42 Å². The lowest BCUT2D eigenvalue weighted by Crippen LogP contribution is -2.56. The van der Waals surface area contributed by atoms with Crippen LogP contribution in [0.15, 0.2) is 29.0 Å². The Morgan fingerprint density at radius 2 is 1.94 bits per heavy atom. The predicted octanol–water partition coefficient (Wildman–Crippen LogP) is 2.58. The van der Waals surface area contributed by atoms with Gasteiger partial charge >= 0.3 is 0 Å². The van der Waals surface area contributed by atoms with E-state index in [0.717, 1.165) is 29.9 Å². The number of rotatable bonds is 1. The Hall–Kier alpha value is -1.39. The zero-order valence-electron chi connectivity index (χ0n) is 9.93. The summed E-state index contributed by atoms with van der Waals surface area (Å²) in [5.41, 5.74) is 2.79. The van der Waals surface area contributed by atoms with E-state index < -0.39 is 0 Å². The molecule has 1 aliphatic heterocycles. The summed E-state index contributed by atoms with van der Waals surface area (Å²) >= 11 is 0. The molecule has 0 bridgehead atoms. The van der Waals surface area contributed by atoms with Crippen LogP contribution in [-0.4, -0.2) is 18.1 Å². The van der Waals surface area contributed by atoms with Gasteiger partial charge in [0.25, 0.3) is 0 Å². The summed E-state index contributed by atoms with van der Waals surface area (Å²) in [5, 5.41) is 0. The lowest BCUT2D eigenvalue weighted by Gasteiger charge is -2.30. The normalized spacial score (nSPS) is 20.3. The molecule has 2 aromatic rings. The van der Waals surface area contributed by atoms with Crippen LogP contribution in [0.4, 0.5) is 5.69 Å². The molecule has 90 valence electrons. The monoisotopic (exact) mass is 232 g/mol. The van der Waals surface area contributed by atoms with Crippen molar-refractivity contribution in [3.63, 3.8) is 0 Å². The molecule has 0 amide bonds. The van der Waals surface area contributed by atoms with Crippen LogP contribution in [0.1, 0.15) is 25.7 Å². The SMILES string of the molecule is N[N+]1(c2cnc3ccoc3c2)CCCCCC1. The summed E-state index contributed by atoms with van der Waals surface area (Å²) in [6.45, 7) is 1.99. The number of nitrogens with zero attached hydrogens (tertiary/aromatic N) is 2. The summed E-state index contributed by atoms with van der Waals surface area (Å²) in [5.74, 6) is 6.50. The van der Waals surface area contributed by atoms with Gasteiger partial charge in [0, 0.05) is 12.1 Å². The molecule has 17 heavy (non-hydrogen) atoms. The molecule has 0 aliphatic carbocycles. The van der Waals surface area contributed by atoms with Crippen LogP contribution < -0.4 is 10.4 Å². The molecule has 4 heteroatoms. The third-order valence-electron chi connectivity index (χ3n) is 3.67. The Bertz CT molecular complexity index is 512. The van der Waals surface area contributed by atoms with E-state index in [2.05, 4.69) is 4.98 Å². The van der Waals surface area contributed by atoms with E-state index in [1.165, 1.54) is 25.7 Å². The fourth-order valence-electron chi connectivity index (χ4n) is 2.59. The van der Waals surface area contributed by atoms with Gasteiger partial charge in [-0.3, -0.25) is 0 Å². The van der Waals surface area contributed by atoms with Crippen molar-refractivity contribution in [2.75, 3.05) is 13.1 Å². The summed E-state index contributed by atoms with van der Waals surface area (Å²) in [4.78, 5) is 4.40. The molecule has 0 saturated carbocycles. The van der Waals surface area contributed by atoms with Gasteiger partial charge < -0.3 is 4.42 Å². The van der Waals surface area contributed by atoms with Gasteiger partial charge in [-0.15, -0.1) is 0 Å². The average molecular weight is 232 g/mol. The Morgan fingerprint density at radius 3 is 2.71 bits per heavy atom. The largest absolute Gasteiger partial charge is 0.462 e. The molecule has 1 fully saturated rings. The van der Waals surface area contributed by atoms with Crippen LogP contribution in [0.2, 0.25) is 0 Å². The van der Waals surface area contributed by atoms with Crippen molar-refractivity contribution in [1.29, 1.82) is 0 Å². The average Bonchev–Trinajstić information content (AvgIpc) is 2.70. The number of hydrogen-bond donors (Lipinski definition) is 1. The molecule has 0 unspecified atom stereocenters. The molecule has 0 spiro atoms. The second kappa shape index (κ2) is 4.13. The lowest BCUT2D eigenvalue weighted by molar-refractivity contribution is 0.291. The Kier molecular flexibility index (Phi) is 2.61. The summed E-state index contributed by atoms with van der Waals surface area (Å²) in [6, 6.07) is 3.91. The zero-order chi connectivity index (χ0) is 11.7. The Balaban J connectivity index is 2.00. The zero-order valence-corrected chi connectivity index (χ0v) is 9.93. The van der Waals surface area contributed by atoms with Crippen molar-refractivity contribution in [2.45, 2.75) is 25.7 Å². The first kappa shape index (κ1) is 10.7. The van der Waals surface area contributed by atoms with Gasteiger partial charge in [0.1, 0.15) is 18.6 Å². The quantitative estimate of drug-likeness (QED) is 0.607. The van der Waals surface area contributed by atoms with E-state index in [4.69, 9.17) is 10.3 Å². The van der Waals surface area contributed by atoms with E-state index in [0.29, 0.717) is 4.59 Å². The van der Waals surface area contributed by atoms with E-state index in [9.17, 15) is 0 Å². The third-order valence-corrected chi connectivity index (χ3v) is 3.67. The molecule has 0 radical (unpaired) electrons. The summed E-state index contributed by atoms with van der Waals surface area (Å²) in [6.07, 6.45) is 8.51. The first-order chi connectivity index (χ1) is 8.28. The van der Waals surface area contributed by atoms with Crippen LogP contribution in [0, 0.1) is 0 Å². The molecule has 1 saturated heterocycles. The van der Waals surface area contributed by atoms with Gasteiger partial charge in [0.15, 0.2) is 11.3 Å². The molecule has 3 rings (SSSR count). The highest BCUT2D eigenvalue weighted by Crippen LogP contribution is 2.26. The van der Waals surface area contributed by atoms with Gasteiger partial charge in [-0.25, -0.2) is 9.58 Å². The fraction of sp³-hybridized carbons (Fsp3) is 0.462. The minimum absolute atomic E-state index is 0.504. The molecule has 0 atom stereocenters. The highest BCUT2D eigenvalue weighted by molar-refractivity contribution is 5.75. The maximum absolute atomic E-state index is 6.50. The summed E-state index contributed by atoms with van der Waals surface area (Å²) < 4.78 is 5.90. The second-order valence-corrected chi connectivity index (χ2v) is 4.89. The minimum atomic E-state index is 0.504. The molecule has 1 aliphatic rings. The molecule has 4 nitrogen and oxygen atoms in total. The van der Waals surface area contributed by atoms with Crippen molar-refractivity contribution in [1.82, 2.24) is 9.58 Å². The van der Waals surface area contributed by atoms with E-state index in [-0.39, 0.29) is 0 Å². The van der Waals surface area contributed by atoms with Crippen LogP contribution >= 0.6 is 0 Å². The van der Waals surface area contributed by atoms with Crippen molar-refractivity contribution in [3.05, 3.63) is 24.6 Å². The van der Waals surface area contributed by atoms with E-state index in [1.54, 1.807) is 6.26 Å². The Morgan fingerprint density at radius 1 is 1.18 bits per heavy atom. The maximum atomic E-state index is 6.50. The number of hydrogen-bond acceptors (Lipinski definition) is 3. The van der Waals surface area contributed by atoms with Crippen molar-refractivity contribution in [2.24, 2.45) is 5.84 Å². The first-order valence-corrected chi connectivity index (χ1v) is 6.27. The number of furan rings is 1. The maximum Gasteiger partial charge on any atom is 0.174 e. The second-order valence-electron chi connectivity index (χ2n) is 4.89. The van der Waals surface area contributed by atoms with Gasteiger partial charge in [0.2, 0.25) is 0 Å². The summed E-state index contributed by atoms with van der Waals surface area (Å²) in [7, 11) is 0. The number of nitrogens with two attached hydrogens (primary N) is 1. The van der Waals surface area contributed by atoms with E-state index >= 15 is 0 Å². The molecule has 3 heterocycles. The van der Waals surface area contributed by atoms with Crippen LogP contribution in [-0.2, 0) is 0 Å². The van der Waals surface area contributed by atoms with Gasteiger partial charge in [0.05, 0.1) is 12.5 Å². The highest BCUT2D eigenvalue weighted by atomic mass is 16.3. The van der Waals surface area contributed by atoms with Gasteiger partial charge in [-0.05, 0) is 25.7 Å². The standard InChI is InChI=1S/C13H18N3O/c14-16(6-3-1-2-4-7-16)11-9-13-12(15-10-11)5-8-17-13/h5,8-10H,1-4,6-7,14H2/q+1. The number of pyridine rings is 1. The van der Waals surface area contributed by atoms with Crippen LogP contribution in [0.3, 0.4) is 0 Å². The van der Waals surface area contributed by atoms with Gasteiger partial charge in [-0.2, -0.15) is 5.84 Å². The lowest BCUT2D eigenvalue weighted by atomic mass is 10.2. The molecule has 2 N–H and O–H groups in total. The highest BCUT2D eigenvalue weighted by Gasteiger charge is 2.28. The van der Waals surface area contributed by atoms with Crippen molar-refractivity contribution >= 4 is 16.8 Å². The number of quaternary nitrogens is 1. The first-order valence-electron chi connectivity index (χ1n) is 6.27. The number of aromatic nitrogens is 1.